The van der Waals surface area contributed by atoms with Crippen molar-refractivity contribution in [3.05, 3.63) is 48.3 Å². The van der Waals surface area contributed by atoms with E-state index in [1.807, 2.05) is 54.3 Å². The fraction of sp³-hybridized carbons (Fsp3) is 0.471. The van der Waals surface area contributed by atoms with Crippen LogP contribution < -0.4 is 4.72 Å². The predicted octanol–water partition coefficient (Wildman–Crippen LogP) is 2.94. The van der Waals surface area contributed by atoms with E-state index in [-0.39, 0.29) is 11.8 Å². The SMILES string of the molecule is Cn1ccnc1SC1CCC(NS(=O)(=O)Cc2ccccc2)CC1. The monoisotopic (exact) mass is 365 g/mol. The Kier molecular flexibility index (Phi) is 5.63. The molecular weight excluding hydrogens is 342 g/mol. The molecule has 130 valence electrons. The Morgan fingerprint density at radius 1 is 1.21 bits per heavy atom. The molecule has 1 aliphatic rings. The number of hydrogen-bond acceptors (Lipinski definition) is 4. The van der Waals surface area contributed by atoms with Gasteiger partial charge in [0.25, 0.3) is 0 Å². The Morgan fingerprint density at radius 3 is 2.54 bits per heavy atom. The van der Waals surface area contributed by atoms with Gasteiger partial charge < -0.3 is 4.57 Å². The minimum absolute atomic E-state index is 0.0514. The molecule has 3 rings (SSSR count). The first-order chi connectivity index (χ1) is 11.5. The van der Waals surface area contributed by atoms with E-state index in [1.54, 1.807) is 11.8 Å². The molecule has 1 aromatic heterocycles. The third-order valence-electron chi connectivity index (χ3n) is 4.27. The van der Waals surface area contributed by atoms with E-state index in [1.165, 1.54) is 0 Å². The van der Waals surface area contributed by atoms with Crippen LogP contribution in [-0.4, -0.2) is 29.3 Å². The van der Waals surface area contributed by atoms with E-state index >= 15 is 0 Å². The van der Waals surface area contributed by atoms with Crippen molar-refractivity contribution in [2.24, 2.45) is 7.05 Å². The van der Waals surface area contributed by atoms with Crippen LogP contribution in [0.2, 0.25) is 0 Å². The molecule has 0 radical (unpaired) electrons. The Hall–Kier alpha value is -1.31. The normalized spacial score (nSPS) is 21.7. The first-order valence-electron chi connectivity index (χ1n) is 8.20. The average molecular weight is 366 g/mol. The molecule has 0 saturated heterocycles. The standard InChI is InChI=1S/C17H23N3O2S2/c1-20-12-11-18-17(20)23-16-9-7-15(8-10-16)19-24(21,22)13-14-5-3-2-4-6-14/h2-6,11-12,15-16,19H,7-10,13H2,1H3. The lowest BCUT2D eigenvalue weighted by Gasteiger charge is -2.28. The van der Waals surface area contributed by atoms with Crippen molar-refractivity contribution < 1.29 is 8.42 Å². The van der Waals surface area contributed by atoms with Crippen LogP contribution in [0, 0.1) is 0 Å². The van der Waals surface area contributed by atoms with Gasteiger partial charge >= 0.3 is 0 Å². The van der Waals surface area contributed by atoms with Gasteiger partial charge in [0.05, 0.1) is 5.75 Å². The van der Waals surface area contributed by atoms with Crippen molar-refractivity contribution in [3.63, 3.8) is 0 Å². The van der Waals surface area contributed by atoms with Gasteiger partial charge in [-0.15, -0.1) is 0 Å². The van der Waals surface area contributed by atoms with Crippen molar-refractivity contribution in [2.75, 3.05) is 0 Å². The second-order valence-corrected chi connectivity index (χ2v) is 9.30. The highest BCUT2D eigenvalue weighted by Gasteiger charge is 2.26. The first kappa shape index (κ1) is 17.5. The quantitative estimate of drug-likeness (QED) is 0.855. The largest absolute Gasteiger partial charge is 0.329 e. The molecule has 0 bridgehead atoms. The van der Waals surface area contributed by atoms with Gasteiger partial charge in [0.15, 0.2) is 5.16 Å². The van der Waals surface area contributed by atoms with Crippen LogP contribution in [0.1, 0.15) is 31.2 Å². The summed E-state index contributed by atoms with van der Waals surface area (Å²) in [6.45, 7) is 0. The molecule has 1 heterocycles. The maximum Gasteiger partial charge on any atom is 0.216 e. The van der Waals surface area contributed by atoms with Crippen molar-refractivity contribution >= 4 is 21.8 Å². The van der Waals surface area contributed by atoms with Crippen LogP contribution in [0.25, 0.3) is 0 Å². The van der Waals surface area contributed by atoms with Gasteiger partial charge in [0.1, 0.15) is 0 Å². The Balaban J connectivity index is 1.49. The summed E-state index contributed by atoms with van der Waals surface area (Å²) in [7, 11) is -1.28. The Labute approximate surface area is 147 Å². The first-order valence-corrected chi connectivity index (χ1v) is 10.7. The van der Waals surface area contributed by atoms with E-state index in [0.717, 1.165) is 36.4 Å². The molecule has 1 saturated carbocycles. The number of aromatic nitrogens is 2. The van der Waals surface area contributed by atoms with Crippen LogP contribution in [0.4, 0.5) is 0 Å². The number of rotatable bonds is 6. The number of nitrogens with zero attached hydrogens (tertiary/aromatic N) is 2. The topological polar surface area (TPSA) is 64.0 Å². The number of sulfonamides is 1. The summed E-state index contributed by atoms with van der Waals surface area (Å²) in [5.41, 5.74) is 0.823. The van der Waals surface area contributed by atoms with Crippen molar-refractivity contribution in [1.82, 2.24) is 14.3 Å². The number of aryl methyl sites for hydroxylation is 1. The van der Waals surface area contributed by atoms with E-state index in [0.29, 0.717) is 5.25 Å². The fourth-order valence-corrected chi connectivity index (χ4v) is 5.62. The molecule has 1 aromatic carbocycles. The van der Waals surface area contributed by atoms with Gasteiger partial charge in [-0.25, -0.2) is 18.1 Å². The van der Waals surface area contributed by atoms with Crippen LogP contribution in [0.15, 0.2) is 47.9 Å². The summed E-state index contributed by atoms with van der Waals surface area (Å²) < 4.78 is 29.5. The lowest BCUT2D eigenvalue weighted by molar-refractivity contribution is 0.419. The number of hydrogen-bond donors (Lipinski definition) is 1. The molecule has 1 N–H and O–H groups in total. The highest BCUT2D eigenvalue weighted by Crippen LogP contribution is 2.32. The lowest BCUT2D eigenvalue weighted by atomic mass is 9.96. The third-order valence-corrected chi connectivity index (χ3v) is 7.08. The highest BCUT2D eigenvalue weighted by atomic mass is 32.2. The molecule has 0 amide bonds. The summed E-state index contributed by atoms with van der Waals surface area (Å²) >= 11 is 1.80. The van der Waals surface area contributed by atoms with E-state index in [2.05, 4.69) is 9.71 Å². The molecule has 2 aromatic rings. The fourth-order valence-electron chi connectivity index (χ4n) is 3.00. The molecule has 0 aliphatic heterocycles. The lowest BCUT2D eigenvalue weighted by Crippen LogP contribution is -2.38. The smallest absolute Gasteiger partial charge is 0.216 e. The molecule has 7 heteroatoms. The van der Waals surface area contributed by atoms with Gasteiger partial charge in [-0.1, -0.05) is 42.1 Å². The molecule has 1 aliphatic carbocycles. The highest BCUT2D eigenvalue weighted by molar-refractivity contribution is 7.99. The Bertz CT molecular complexity index is 751. The van der Waals surface area contributed by atoms with E-state index < -0.39 is 10.0 Å². The van der Waals surface area contributed by atoms with Gasteiger partial charge in [0.2, 0.25) is 10.0 Å². The van der Waals surface area contributed by atoms with E-state index in [9.17, 15) is 8.42 Å². The van der Waals surface area contributed by atoms with Crippen LogP contribution in [0.5, 0.6) is 0 Å². The van der Waals surface area contributed by atoms with Crippen LogP contribution >= 0.6 is 11.8 Å². The number of nitrogens with one attached hydrogen (secondary N) is 1. The predicted molar refractivity (Wildman–Crippen MR) is 97.3 cm³/mol. The van der Waals surface area contributed by atoms with Crippen LogP contribution in [0.3, 0.4) is 0 Å². The summed E-state index contributed by atoms with van der Waals surface area (Å²) in [5, 5.41) is 1.55. The number of benzene rings is 1. The van der Waals surface area contributed by atoms with Gasteiger partial charge in [-0.05, 0) is 31.2 Å². The van der Waals surface area contributed by atoms with Crippen molar-refractivity contribution in [2.45, 2.75) is 47.9 Å². The molecular formula is C17H23N3O2S2. The van der Waals surface area contributed by atoms with Gasteiger partial charge in [-0.2, -0.15) is 0 Å². The summed E-state index contributed by atoms with van der Waals surface area (Å²) in [4.78, 5) is 4.35. The minimum atomic E-state index is -3.28. The summed E-state index contributed by atoms with van der Waals surface area (Å²) in [6, 6.07) is 9.37. The zero-order valence-electron chi connectivity index (χ0n) is 13.8. The average Bonchev–Trinajstić information content (AvgIpc) is 2.94. The molecule has 1 fully saturated rings. The molecule has 0 spiro atoms. The van der Waals surface area contributed by atoms with E-state index in [4.69, 9.17) is 0 Å². The molecule has 5 nitrogen and oxygen atoms in total. The number of thioether (sulfide) groups is 1. The minimum Gasteiger partial charge on any atom is -0.329 e. The van der Waals surface area contributed by atoms with Crippen molar-refractivity contribution in [3.8, 4) is 0 Å². The zero-order valence-corrected chi connectivity index (χ0v) is 15.4. The second kappa shape index (κ2) is 7.72. The molecule has 0 unspecified atom stereocenters. The summed E-state index contributed by atoms with van der Waals surface area (Å²) in [5.74, 6) is 0.0514. The molecule has 24 heavy (non-hydrogen) atoms. The third kappa shape index (κ3) is 4.84. The van der Waals surface area contributed by atoms with Crippen LogP contribution in [-0.2, 0) is 22.8 Å². The van der Waals surface area contributed by atoms with Gasteiger partial charge in [-0.3, -0.25) is 0 Å². The Morgan fingerprint density at radius 2 is 1.92 bits per heavy atom. The van der Waals surface area contributed by atoms with Gasteiger partial charge in [0, 0.05) is 30.7 Å². The number of imidazole rings is 1. The maximum atomic E-state index is 12.3. The summed E-state index contributed by atoms with van der Waals surface area (Å²) in [6.07, 6.45) is 7.55. The maximum absolute atomic E-state index is 12.3. The molecule has 0 atom stereocenters. The second-order valence-electron chi connectivity index (χ2n) is 6.27. The van der Waals surface area contributed by atoms with Crippen molar-refractivity contribution in [1.29, 1.82) is 0 Å². The zero-order chi connectivity index (χ0) is 17.0.